The predicted octanol–water partition coefficient (Wildman–Crippen LogP) is 3.04. The fourth-order valence-corrected chi connectivity index (χ4v) is 4.08. The lowest BCUT2D eigenvalue weighted by molar-refractivity contribution is 0.601. The third kappa shape index (κ3) is 5.70. The van der Waals surface area contributed by atoms with Crippen molar-refractivity contribution in [3.05, 3.63) is 71.7 Å². The van der Waals surface area contributed by atoms with Crippen LogP contribution in [0.4, 0.5) is 0 Å². The summed E-state index contributed by atoms with van der Waals surface area (Å²) >= 11 is 0. The van der Waals surface area contributed by atoms with E-state index < -0.39 is 9.84 Å². The number of rotatable bonds is 7. The number of imidazole rings is 1. The fourth-order valence-electron chi connectivity index (χ4n) is 3.12. The van der Waals surface area contributed by atoms with Gasteiger partial charge < -0.3 is 15.6 Å². The van der Waals surface area contributed by atoms with Crippen LogP contribution < -0.4 is 10.6 Å². The molecular formula is C22H27N5O2S. The minimum atomic E-state index is -3.22. The molecule has 0 amide bonds. The number of aromatic nitrogens is 2. The number of hydrogen-bond acceptors (Lipinski definition) is 4. The highest BCUT2D eigenvalue weighted by Crippen LogP contribution is 2.17. The van der Waals surface area contributed by atoms with Crippen LogP contribution in [0.25, 0.3) is 11.3 Å². The average molecular weight is 426 g/mol. The van der Waals surface area contributed by atoms with Crippen molar-refractivity contribution in [3.8, 4) is 11.3 Å². The second kappa shape index (κ2) is 9.58. The molecule has 0 unspecified atom stereocenters. The van der Waals surface area contributed by atoms with Crippen LogP contribution in [0, 0.1) is 6.92 Å². The lowest BCUT2D eigenvalue weighted by atomic mass is 10.1. The Hall–Kier alpha value is -3.13. The first-order valence-electron chi connectivity index (χ1n) is 9.78. The molecule has 3 N–H and O–H groups in total. The topological polar surface area (TPSA) is 99.2 Å². The molecule has 158 valence electrons. The molecule has 0 bridgehead atoms. The summed E-state index contributed by atoms with van der Waals surface area (Å²) in [4.78, 5) is 12.7. The van der Waals surface area contributed by atoms with Gasteiger partial charge in [-0.05, 0) is 36.6 Å². The molecule has 8 heteroatoms. The second-order valence-corrected chi connectivity index (χ2v) is 9.01. The molecule has 0 saturated heterocycles. The van der Waals surface area contributed by atoms with Crippen LogP contribution in [0.3, 0.4) is 0 Å². The van der Waals surface area contributed by atoms with Gasteiger partial charge in [0.2, 0.25) is 0 Å². The molecule has 0 atom stereocenters. The van der Waals surface area contributed by atoms with Gasteiger partial charge in [0.1, 0.15) is 5.82 Å². The van der Waals surface area contributed by atoms with E-state index in [0.717, 1.165) is 34.8 Å². The highest BCUT2D eigenvalue weighted by Gasteiger charge is 2.11. The normalized spacial score (nSPS) is 12.0. The van der Waals surface area contributed by atoms with Crippen LogP contribution in [0.5, 0.6) is 0 Å². The smallest absolute Gasteiger partial charge is 0.191 e. The first kappa shape index (κ1) is 21.6. The van der Waals surface area contributed by atoms with Gasteiger partial charge in [-0.3, -0.25) is 0 Å². The van der Waals surface area contributed by atoms with Crippen LogP contribution in [-0.2, 0) is 22.9 Å². The van der Waals surface area contributed by atoms with Crippen molar-refractivity contribution in [2.75, 3.05) is 12.8 Å². The number of hydrogen-bond donors (Lipinski definition) is 3. The molecule has 3 aromatic rings. The monoisotopic (exact) mass is 425 g/mol. The van der Waals surface area contributed by atoms with E-state index in [1.807, 2.05) is 49.5 Å². The van der Waals surface area contributed by atoms with Gasteiger partial charge in [0.25, 0.3) is 0 Å². The Morgan fingerprint density at radius 2 is 1.90 bits per heavy atom. The summed E-state index contributed by atoms with van der Waals surface area (Å²) in [5, 5.41) is 6.48. The lowest BCUT2D eigenvalue weighted by Gasteiger charge is -2.11. The molecule has 0 spiro atoms. The average Bonchev–Trinajstić information content (AvgIpc) is 3.19. The number of aryl methyl sites for hydroxylation is 1. The molecule has 0 fully saturated rings. The van der Waals surface area contributed by atoms with Crippen molar-refractivity contribution in [1.29, 1.82) is 0 Å². The van der Waals surface area contributed by atoms with Gasteiger partial charge in [-0.15, -0.1) is 0 Å². The van der Waals surface area contributed by atoms with Crippen molar-refractivity contribution >= 4 is 15.8 Å². The quantitative estimate of drug-likeness (QED) is 0.399. The highest BCUT2D eigenvalue weighted by molar-refractivity contribution is 7.90. The van der Waals surface area contributed by atoms with E-state index in [9.17, 15) is 8.42 Å². The maximum atomic E-state index is 11.8. The number of aliphatic imine (C=N–C) groups is 1. The van der Waals surface area contributed by atoms with Gasteiger partial charge in [-0.1, -0.05) is 42.5 Å². The summed E-state index contributed by atoms with van der Waals surface area (Å²) in [5.41, 5.74) is 3.73. The third-order valence-corrected chi connectivity index (χ3v) is 5.80. The van der Waals surface area contributed by atoms with E-state index in [0.29, 0.717) is 23.9 Å². The van der Waals surface area contributed by atoms with E-state index in [1.165, 1.54) is 6.26 Å². The number of nitrogens with one attached hydrogen (secondary N) is 3. The number of sulfone groups is 1. The van der Waals surface area contributed by atoms with Crippen LogP contribution in [0.15, 0.2) is 64.6 Å². The molecule has 0 saturated carbocycles. The van der Waals surface area contributed by atoms with Crippen molar-refractivity contribution in [1.82, 2.24) is 20.6 Å². The number of aromatic amines is 1. The summed E-state index contributed by atoms with van der Waals surface area (Å²) in [6, 6.07) is 15.3. The molecule has 30 heavy (non-hydrogen) atoms. The molecule has 0 aliphatic rings. The lowest BCUT2D eigenvalue weighted by Crippen LogP contribution is -2.37. The minimum Gasteiger partial charge on any atom is -0.357 e. The molecule has 7 nitrogen and oxygen atoms in total. The number of H-pyrrole nitrogens is 1. The Bertz CT molecular complexity index is 1120. The third-order valence-electron chi connectivity index (χ3n) is 4.54. The zero-order valence-electron chi connectivity index (χ0n) is 17.4. The molecule has 0 aliphatic heterocycles. The van der Waals surface area contributed by atoms with Crippen LogP contribution in [-0.4, -0.2) is 37.1 Å². The highest BCUT2D eigenvalue weighted by atomic mass is 32.2. The zero-order valence-corrected chi connectivity index (χ0v) is 18.3. The molecule has 2 aromatic carbocycles. The minimum absolute atomic E-state index is 0.354. The van der Waals surface area contributed by atoms with Gasteiger partial charge in [-0.25, -0.2) is 18.4 Å². The Morgan fingerprint density at radius 3 is 2.57 bits per heavy atom. The SMILES string of the molecule is CCNC(=NCc1ccc(S(C)(=O)=O)c(C)c1)NCc1ncc(-c2ccccc2)[nH]1. The van der Waals surface area contributed by atoms with Crippen molar-refractivity contribution in [2.45, 2.75) is 31.8 Å². The van der Waals surface area contributed by atoms with Gasteiger partial charge >= 0.3 is 0 Å². The number of guanidine groups is 1. The first-order chi connectivity index (χ1) is 14.4. The van der Waals surface area contributed by atoms with Gasteiger partial charge in [0, 0.05) is 12.8 Å². The standard InChI is InChI=1S/C22H27N5O2S/c1-4-23-22(25-13-17-10-11-20(16(2)12-17)30(3,28)29)26-15-21-24-14-19(27-21)18-8-6-5-7-9-18/h5-12,14H,4,13,15H2,1-3H3,(H,24,27)(H2,23,25,26). The van der Waals surface area contributed by atoms with E-state index >= 15 is 0 Å². The van der Waals surface area contributed by atoms with Crippen LogP contribution in [0.2, 0.25) is 0 Å². The maximum absolute atomic E-state index is 11.8. The Labute approximate surface area is 177 Å². The van der Waals surface area contributed by atoms with E-state index in [1.54, 1.807) is 19.1 Å². The molecule has 1 aromatic heterocycles. The maximum Gasteiger partial charge on any atom is 0.191 e. The molecule has 3 rings (SSSR count). The largest absolute Gasteiger partial charge is 0.357 e. The van der Waals surface area contributed by atoms with Crippen molar-refractivity contribution in [2.24, 2.45) is 4.99 Å². The summed E-state index contributed by atoms with van der Waals surface area (Å²) in [5.74, 6) is 1.48. The van der Waals surface area contributed by atoms with Gasteiger partial charge in [-0.2, -0.15) is 0 Å². The Kier molecular flexibility index (Phi) is 6.89. The summed E-state index contributed by atoms with van der Waals surface area (Å²) in [7, 11) is -3.22. The first-order valence-corrected chi connectivity index (χ1v) is 11.7. The number of benzene rings is 2. The predicted molar refractivity (Wildman–Crippen MR) is 120 cm³/mol. The summed E-state index contributed by atoms with van der Waals surface area (Å²) < 4.78 is 23.5. The Morgan fingerprint density at radius 1 is 1.13 bits per heavy atom. The zero-order chi connectivity index (χ0) is 21.6. The van der Waals surface area contributed by atoms with Crippen molar-refractivity contribution in [3.63, 3.8) is 0 Å². The van der Waals surface area contributed by atoms with E-state index in [2.05, 4.69) is 25.6 Å². The van der Waals surface area contributed by atoms with E-state index in [4.69, 9.17) is 0 Å². The second-order valence-electron chi connectivity index (χ2n) is 7.03. The van der Waals surface area contributed by atoms with Crippen molar-refractivity contribution < 1.29 is 8.42 Å². The molecular weight excluding hydrogens is 398 g/mol. The molecule has 1 heterocycles. The van der Waals surface area contributed by atoms with Crippen LogP contribution >= 0.6 is 0 Å². The van der Waals surface area contributed by atoms with Gasteiger partial charge in [0.05, 0.1) is 29.9 Å². The summed E-state index contributed by atoms with van der Waals surface area (Å²) in [6.07, 6.45) is 3.04. The van der Waals surface area contributed by atoms with Crippen LogP contribution in [0.1, 0.15) is 23.9 Å². The van der Waals surface area contributed by atoms with E-state index in [-0.39, 0.29) is 0 Å². The van der Waals surface area contributed by atoms with Gasteiger partial charge in [0.15, 0.2) is 15.8 Å². The Balaban J connectivity index is 1.65. The molecule has 0 aliphatic carbocycles. The number of nitrogens with zero attached hydrogens (tertiary/aromatic N) is 2. The summed E-state index contributed by atoms with van der Waals surface area (Å²) in [6.45, 7) is 5.47. The molecule has 0 radical (unpaired) electrons. The fraction of sp³-hybridized carbons (Fsp3) is 0.273.